The van der Waals surface area contributed by atoms with Gasteiger partial charge in [0.2, 0.25) is 0 Å². The molecule has 2 N–H and O–H groups in total. The molecule has 0 aliphatic heterocycles. The summed E-state index contributed by atoms with van der Waals surface area (Å²) in [5, 5.41) is 6.83. The number of aromatic nitrogens is 1. The van der Waals surface area contributed by atoms with Crippen LogP contribution in [0.25, 0.3) is 0 Å². The van der Waals surface area contributed by atoms with E-state index in [-0.39, 0.29) is 0 Å². The fourth-order valence-corrected chi connectivity index (χ4v) is 2.51. The number of hydrogen-bond acceptors (Lipinski definition) is 3. The van der Waals surface area contributed by atoms with Crippen molar-refractivity contribution in [3.63, 3.8) is 0 Å². The molecule has 0 bridgehead atoms. The van der Waals surface area contributed by atoms with E-state index in [1.165, 1.54) is 32.1 Å². The van der Waals surface area contributed by atoms with Crippen LogP contribution in [0.2, 0.25) is 0 Å². The van der Waals surface area contributed by atoms with Crippen LogP contribution in [0.3, 0.4) is 0 Å². The molecule has 0 radical (unpaired) electrons. The number of ether oxygens (including phenoxy) is 1. The van der Waals surface area contributed by atoms with Crippen LogP contribution >= 0.6 is 0 Å². The maximum absolute atomic E-state index is 5.60. The van der Waals surface area contributed by atoms with E-state index in [0.29, 0.717) is 19.2 Å². The van der Waals surface area contributed by atoms with Crippen LogP contribution in [0.1, 0.15) is 39.0 Å². The fourth-order valence-electron chi connectivity index (χ4n) is 2.51. The van der Waals surface area contributed by atoms with Crippen LogP contribution in [0.15, 0.2) is 29.5 Å². The third kappa shape index (κ3) is 6.02. The van der Waals surface area contributed by atoms with E-state index in [4.69, 9.17) is 4.74 Å². The molecule has 1 aliphatic carbocycles. The van der Waals surface area contributed by atoms with Gasteiger partial charge in [-0.05, 0) is 31.9 Å². The highest BCUT2D eigenvalue weighted by Crippen LogP contribution is 2.17. The molecule has 1 aliphatic rings. The molecule has 0 spiro atoms. The molecule has 1 heterocycles. The summed E-state index contributed by atoms with van der Waals surface area (Å²) in [5.41, 5.74) is 0. The number of guanidine groups is 1. The van der Waals surface area contributed by atoms with E-state index in [1.54, 1.807) is 12.4 Å². The van der Waals surface area contributed by atoms with Crippen LogP contribution < -0.4 is 15.4 Å². The van der Waals surface area contributed by atoms with Gasteiger partial charge in [0.25, 0.3) is 0 Å². The lowest BCUT2D eigenvalue weighted by Crippen LogP contribution is -2.44. The van der Waals surface area contributed by atoms with Gasteiger partial charge in [-0.2, -0.15) is 0 Å². The first-order valence-corrected chi connectivity index (χ1v) is 7.96. The number of aliphatic imine (C=N–C) groups is 1. The highest BCUT2D eigenvalue weighted by molar-refractivity contribution is 5.80. The summed E-state index contributed by atoms with van der Waals surface area (Å²) in [5.74, 6) is 1.69. The molecular formula is C16H26N4O. The SMILES string of the molecule is CCNC(=NCCOc1cccnc1)NC1CCCCC1. The van der Waals surface area contributed by atoms with Crippen LogP contribution in [-0.2, 0) is 0 Å². The summed E-state index contributed by atoms with van der Waals surface area (Å²) in [6, 6.07) is 4.34. The molecule has 1 fully saturated rings. The minimum absolute atomic E-state index is 0.562. The van der Waals surface area contributed by atoms with Crippen molar-refractivity contribution >= 4 is 5.96 Å². The Bertz CT molecular complexity index is 416. The maximum atomic E-state index is 5.60. The molecule has 0 aromatic carbocycles. The van der Waals surface area contributed by atoms with E-state index in [9.17, 15) is 0 Å². The molecule has 0 unspecified atom stereocenters. The van der Waals surface area contributed by atoms with E-state index < -0.39 is 0 Å². The summed E-state index contributed by atoms with van der Waals surface area (Å²) in [7, 11) is 0. The van der Waals surface area contributed by atoms with Gasteiger partial charge in [-0.1, -0.05) is 19.3 Å². The second-order valence-electron chi connectivity index (χ2n) is 5.28. The zero-order valence-corrected chi connectivity index (χ0v) is 12.8. The van der Waals surface area contributed by atoms with Gasteiger partial charge in [0.15, 0.2) is 5.96 Å². The molecule has 1 saturated carbocycles. The predicted octanol–water partition coefficient (Wildman–Crippen LogP) is 2.35. The van der Waals surface area contributed by atoms with Gasteiger partial charge >= 0.3 is 0 Å². The van der Waals surface area contributed by atoms with Gasteiger partial charge in [0, 0.05) is 18.8 Å². The van der Waals surface area contributed by atoms with Gasteiger partial charge in [0.05, 0.1) is 12.7 Å². The molecule has 1 aromatic heterocycles. The van der Waals surface area contributed by atoms with Crippen molar-refractivity contribution in [1.82, 2.24) is 15.6 Å². The summed E-state index contributed by atoms with van der Waals surface area (Å²) in [6.07, 6.45) is 9.96. The standard InChI is InChI=1S/C16H26N4O/c1-2-18-16(20-14-7-4-3-5-8-14)19-11-12-21-15-9-6-10-17-13-15/h6,9-10,13-14H,2-5,7-8,11-12H2,1H3,(H2,18,19,20). The molecule has 0 amide bonds. The Morgan fingerprint density at radius 3 is 2.95 bits per heavy atom. The third-order valence-corrected chi connectivity index (χ3v) is 3.55. The summed E-state index contributed by atoms with van der Waals surface area (Å²) in [4.78, 5) is 8.59. The lowest BCUT2D eigenvalue weighted by atomic mass is 9.96. The van der Waals surface area contributed by atoms with Crippen molar-refractivity contribution in [3.05, 3.63) is 24.5 Å². The Morgan fingerprint density at radius 2 is 2.24 bits per heavy atom. The van der Waals surface area contributed by atoms with E-state index in [1.807, 2.05) is 12.1 Å². The van der Waals surface area contributed by atoms with Crippen molar-refractivity contribution in [2.24, 2.45) is 4.99 Å². The molecule has 0 saturated heterocycles. The maximum Gasteiger partial charge on any atom is 0.191 e. The summed E-state index contributed by atoms with van der Waals surface area (Å²) >= 11 is 0. The van der Waals surface area contributed by atoms with Crippen LogP contribution in [0, 0.1) is 0 Å². The Hall–Kier alpha value is -1.78. The van der Waals surface area contributed by atoms with E-state index in [2.05, 4.69) is 27.5 Å². The number of pyridine rings is 1. The minimum atomic E-state index is 0.562. The van der Waals surface area contributed by atoms with Gasteiger partial charge in [-0.25, -0.2) is 4.99 Å². The Balaban J connectivity index is 1.74. The number of nitrogens with zero attached hydrogens (tertiary/aromatic N) is 2. The fraction of sp³-hybridized carbons (Fsp3) is 0.625. The molecule has 5 nitrogen and oxygen atoms in total. The Labute approximate surface area is 127 Å². The molecule has 21 heavy (non-hydrogen) atoms. The normalized spacial score (nSPS) is 16.5. The molecule has 5 heteroatoms. The zero-order chi connectivity index (χ0) is 14.8. The molecule has 0 atom stereocenters. The first-order chi connectivity index (χ1) is 10.4. The Morgan fingerprint density at radius 1 is 1.38 bits per heavy atom. The average Bonchev–Trinajstić information content (AvgIpc) is 2.54. The number of nitrogens with one attached hydrogen (secondary N) is 2. The van der Waals surface area contributed by atoms with E-state index in [0.717, 1.165) is 18.3 Å². The lowest BCUT2D eigenvalue weighted by Gasteiger charge is -2.24. The lowest BCUT2D eigenvalue weighted by molar-refractivity contribution is 0.327. The van der Waals surface area contributed by atoms with Gasteiger partial charge in [-0.15, -0.1) is 0 Å². The molecular weight excluding hydrogens is 264 g/mol. The van der Waals surface area contributed by atoms with Crippen molar-refractivity contribution in [1.29, 1.82) is 0 Å². The molecule has 116 valence electrons. The average molecular weight is 290 g/mol. The Kier molecular flexibility index (Phi) is 6.84. The second kappa shape index (κ2) is 9.21. The minimum Gasteiger partial charge on any atom is -0.490 e. The smallest absolute Gasteiger partial charge is 0.191 e. The van der Waals surface area contributed by atoms with Crippen molar-refractivity contribution in [2.75, 3.05) is 19.7 Å². The quantitative estimate of drug-likeness (QED) is 0.480. The topological polar surface area (TPSA) is 58.5 Å². The van der Waals surface area contributed by atoms with Crippen LogP contribution in [0.4, 0.5) is 0 Å². The summed E-state index contributed by atoms with van der Waals surface area (Å²) in [6.45, 7) is 4.16. The van der Waals surface area contributed by atoms with Crippen molar-refractivity contribution in [2.45, 2.75) is 45.1 Å². The highest BCUT2D eigenvalue weighted by atomic mass is 16.5. The summed E-state index contributed by atoms with van der Waals surface area (Å²) < 4.78 is 5.60. The third-order valence-electron chi connectivity index (χ3n) is 3.55. The van der Waals surface area contributed by atoms with Gasteiger partial charge in [-0.3, -0.25) is 4.98 Å². The number of rotatable bonds is 6. The largest absolute Gasteiger partial charge is 0.490 e. The predicted molar refractivity (Wildman–Crippen MR) is 85.7 cm³/mol. The van der Waals surface area contributed by atoms with Crippen molar-refractivity contribution < 1.29 is 4.74 Å². The van der Waals surface area contributed by atoms with Gasteiger partial charge in [0.1, 0.15) is 12.4 Å². The first kappa shape index (κ1) is 15.6. The molecule has 2 rings (SSSR count). The monoisotopic (exact) mass is 290 g/mol. The van der Waals surface area contributed by atoms with E-state index >= 15 is 0 Å². The van der Waals surface area contributed by atoms with Crippen molar-refractivity contribution in [3.8, 4) is 5.75 Å². The second-order valence-corrected chi connectivity index (χ2v) is 5.28. The number of hydrogen-bond donors (Lipinski definition) is 2. The first-order valence-electron chi connectivity index (χ1n) is 7.96. The van der Waals surface area contributed by atoms with Crippen LogP contribution in [0.5, 0.6) is 5.75 Å². The zero-order valence-electron chi connectivity index (χ0n) is 12.8. The highest BCUT2D eigenvalue weighted by Gasteiger charge is 2.14. The van der Waals surface area contributed by atoms with Crippen LogP contribution in [-0.4, -0.2) is 36.7 Å². The molecule has 1 aromatic rings. The van der Waals surface area contributed by atoms with Gasteiger partial charge < -0.3 is 15.4 Å².